The quantitative estimate of drug-likeness (QED) is 0.387. The maximum Gasteiger partial charge on any atom is 0.161 e. The molecule has 0 bridgehead atoms. The predicted octanol–water partition coefficient (Wildman–Crippen LogP) is 5.38. The number of ether oxygens (including phenoxy) is 1. The van der Waals surface area contributed by atoms with Gasteiger partial charge < -0.3 is 9.72 Å². The van der Waals surface area contributed by atoms with Crippen LogP contribution < -0.4 is 4.74 Å². The Balaban J connectivity index is 1.50. The van der Waals surface area contributed by atoms with Crippen LogP contribution in [-0.2, 0) is 0 Å². The second-order valence-electron chi connectivity index (χ2n) is 7.55. The van der Waals surface area contributed by atoms with Crippen LogP contribution in [0.4, 0.5) is 4.39 Å². The van der Waals surface area contributed by atoms with Gasteiger partial charge in [0.15, 0.2) is 11.5 Å². The minimum absolute atomic E-state index is 0.373. The molecule has 0 spiro atoms. The van der Waals surface area contributed by atoms with Crippen LogP contribution in [-0.4, -0.2) is 37.2 Å². The van der Waals surface area contributed by atoms with Gasteiger partial charge in [0.05, 0.1) is 35.0 Å². The normalized spacial score (nSPS) is 11.3. The van der Waals surface area contributed by atoms with Gasteiger partial charge in [0.2, 0.25) is 0 Å². The number of H-pyrrole nitrogens is 2. The first kappa shape index (κ1) is 19.1. The molecule has 7 nitrogen and oxygen atoms in total. The van der Waals surface area contributed by atoms with E-state index in [-0.39, 0.29) is 5.82 Å². The zero-order valence-electron chi connectivity index (χ0n) is 17.5. The number of aromatic amines is 2. The van der Waals surface area contributed by atoms with E-state index in [0.29, 0.717) is 33.9 Å². The molecule has 33 heavy (non-hydrogen) atoms. The lowest BCUT2D eigenvalue weighted by Crippen LogP contribution is -1.89. The smallest absolute Gasteiger partial charge is 0.161 e. The Morgan fingerprint density at radius 3 is 2.64 bits per heavy atom. The van der Waals surface area contributed by atoms with Crippen molar-refractivity contribution in [3.8, 4) is 39.8 Å². The summed E-state index contributed by atoms with van der Waals surface area (Å²) in [5, 5.41) is 7.48. The molecular weight excluding hydrogens is 419 g/mol. The number of halogens is 1. The molecule has 0 aliphatic heterocycles. The van der Waals surface area contributed by atoms with Crippen LogP contribution in [0.1, 0.15) is 0 Å². The Kier molecular flexibility index (Phi) is 4.36. The fraction of sp³-hybridized carbons (Fsp3) is 0.0400. The highest BCUT2D eigenvalue weighted by atomic mass is 19.1. The Bertz CT molecular complexity index is 1620. The number of pyridine rings is 2. The lowest BCUT2D eigenvalue weighted by atomic mass is 10.0. The molecule has 0 amide bonds. The Morgan fingerprint density at radius 1 is 0.848 bits per heavy atom. The summed E-state index contributed by atoms with van der Waals surface area (Å²) in [6.45, 7) is 0. The average molecular weight is 436 g/mol. The van der Waals surface area contributed by atoms with Gasteiger partial charge in [-0.25, -0.2) is 14.4 Å². The second-order valence-corrected chi connectivity index (χ2v) is 7.55. The van der Waals surface area contributed by atoms with Gasteiger partial charge >= 0.3 is 0 Å². The largest absolute Gasteiger partial charge is 0.497 e. The van der Waals surface area contributed by atoms with Crippen molar-refractivity contribution in [1.82, 2.24) is 30.1 Å². The molecule has 2 aromatic carbocycles. The summed E-state index contributed by atoms with van der Waals surface area (Å²) in [7, 11) is 1.51. The van der Waals surface area contributed by atoms with Crippen LogP contribution in [0.3, 0.4) is 0 Å². The Labute approximate surface area is 187 Å². The van der Waals surface area contributed by atoms with E-state index in [4.69, 9.17) is 14.7 Å². The zero-order chi connectivity index (χ0) is 22.4. The Morgan fingerprint density at radius 2 is 1.79 bits per heavy atom. The molecule has 4 aromatic heterocycles. The second kappa shape index (κ2) is 7.52. The number of hydrogen-bond donors (Lipinski definition) is 2. The van der Waals surface area contributed by atoms with Gasteiger partial charge in [-0.1, -0.05) is 18.2 Å². The van der Waals surface area contributed by atoms with Crippen LogP contribution in [0.15, 0.2) is 72.9 Å². The lowest BCUT2D eigenvalue weighted by Gasteiger charge is -2.06. The van der Waals surface area contributed by atoms with Crippen molar-refractivity contribution in [3.63, 3.8) is 0 Å². The van der Waals surface area contributed by atoms with E-state index in [1.807, 2.05) is 48.5 Å². The third kappa shape index (κ3) is 3.28. The van der Waals surface area contributed by atoms with Gasteiger partial charge in [-0.15, -0.1) is 0 Å². The first-order valence-corrected chi connectivity index (χ1v) is 10.3. The van der Waals surface area contributed by atoms with Crippen LogP contribution in [0.5, 0.6) is 5.75 Å². The topological polar surface area (TPSA) is 92.4 Å². The van der Waals surface area contributed by atoms with Gasteiger partial charge in [0.25, 0.3) is 0 Å². The van der Waals surface area contributed by atoms with Crippen molar-refractivity contribution in [2.75, 3.05) is 7.11 Å². The number of nitrogens with zero attached hydrogens (tertiary/aromatic N) is 4. The number of rotatable bonds is 4. The summed E-state index contributed by atoms with van der Waals surface area (Å²) in [4.78, 5) is 17.3. The molecule has 6 rings (SSSR count). The number of imidazole rings is 1. The van der Waals surface area contributed by atoms with Crippen molar-refractivity contribution in [3.05, 3.63) is 78.7 Å². The van der Waals surface area contributed by atoms with E-state index in [9.17, 15) is 4.39 Å². The highest BCUT2D eigenvalue weighted by Gasteiger charge is 2.17. The molecule has 160 valence electrons. The lowest BCUT2D eigenvalue weighted by molar-refractivity contribution is 0.411. The van der Waals surface area contributed by atoms with E-state index in [2.05, 4.69) is 20.2 Å². The van der Waals surface area contributed by atoms with E-state index in [1.54, 1.807) is 12.3 Å². The minimum atomic E-state index is -0.373. The maximum atomic E-state index is 14.1. The van der Waals surface area contributed by atoms with Gasteiger partial charge in [-0.2, -0.15) is 5.10 Å². The van der Waals surface area contributed by atoms with Gasteiger partial charge in [-0.3, -0.25) is 10.1 Å². The number of para-hydroxylation sites is 1. The molecule has 6 aromatic rings. The summed E-state index contributed by atoms with van der Waals surface area (Å²) < 4.78 is 19.4. The van der Waals surface area contributed by atoms with Crippen LogP contribution >= 0.6 is 0 Å². The van der Waals surface area contributed by atoms with Crippen molar-refractivity contribution < 1.29 is 9.13 Å². The molecule has 0 aliphatic rings. The third-order valence-corrected chi connectivity index (χ3v) is 5.49. The molecular formula is C25H17FN6O. The van der Waals surface area contributed by atoms with E-state index in [1.165, 1.54) is 19.2 Å². The summed E-state index contributed by atoms with van der Waals surface area (Å²) in [6, 6.07) is 19.9. The van der Waals surface area contributed by atoms with Gasteiger partial charge in [0.1, 0.15) is 17.1 Å². The number of aromatic nitrogens is 6. The summed E-state index contributed by atoms with van der Waals surface area (Å²) in [5.74, 6) is 0.640. The molecule has 0 fully saturated rings. The summed E-state index contributed by atoms with van der Waals surface area (Å²) in [6.07, 6.45) is 1.74. The highest BCUT2D eigenvalue weighted by molar-refractivity contribution is 5.96. The molecule has 0 saturated carbocycles. The molecule has 4 heterocycles. The summed E-state index contributed by atoms with van der Waals surface area (Å²) in [5.41, 5.74) is 6.58. The van der Waals surface area contributed by atoms with Crippen LogP contribution in [0.2, 0.25) is 0 Å². The Hall–Kier alpha value is -4.59. The van der Waals surface area contributed by atoms with E-state index >= 15 is 0 Å². The number of methoxy groups -OCH3 is 1. The molecule has 8 heteroatoms. The average Bonchev–Trinajstić information content (AvgIpc) is 3.47. The monoisotopic (exact) mass is 436 g/mol. The van der Waals surface area contributed by atoms with Crippen molar-refractivity contribution >= 4 is 22.1 Å². The fourth-order valence-electron chi connectivity index (χ4n) is 3.93. The molecule has 0 saturated heterocycles. The zero-order valence-corrected chi connectivity index (χ0v) is 17.5. The minimum Gasteiger partial charge on any atom is -0.497 e. The highest BCUT2D eigenvalue weighted by Crippen LogP contribution is 2.33. The van der Waals surface area contributed by atoms with Crippen molar-refractivity contribution in [2.24, 2.45) is 0 Å². The maximum absolute atomic E-state index is 14.1. The summed E-state index contributed by atoms with van der Waals surface area (Å²) >= 11 is 0. The first-order valence-electron chi connectivity index (χ1n) is 10.3. The number of hydrogen-bond acceptors (Lipinski definition) is 5. The number of benzene rings is 2. The van der Waals surface area contributed by atoms with E-state index < -0.39 is 0 Å². The van der Waals surface area contributed by atoms with Crippen LogP contribution in [0, 0.1) is 5.82 Å². The van der Waals surface area contributed by atoms with Crippen molar-refractivity contribution in [2.45, 2.75) is 0 Å². The third-order valence-electron chi connectivity index (χ3n) is 5.49. The predicted molar refractivity (Wildman–Crippen MR) is 124 cm³/mol. The van der Waals surface area contributed by atoms with Gasteiger partial charge in [0, 0.05) is 17.8 Å². The van der Waals surface area contributed by atoms with Gasteiger partial charge in [-0.05, 0) is 48.0 Å². The standard InChI is InChI=1S/C25H17FN6O/c1-33-16-12-14(11-15(26)13-16)17-5-4-7-20-22(17)30-25(29-20)24-23-21(31-32-24)9-8-19(28-23)18-6-2-3-10-27-18/h2-13H,1H3,(H,29,30)(H,31,32). The fourth-order valence-corrected chi connectivity index (χ4v) is 3.93. The van der Waals surface area contributed by atoms with E-state index in [0.717, 1.165) is 28.0 Å². The number of fused-ring (bicyclic) bond motifs is 2. The molecule has 0 unspecified atom stereocenters. The first-order chi connectivity index (χ1) is 16.2. The molecule has 0 radical (unpaired) electrons. The SMILES string of the molecule is COc1cc(F)cc(-c2cccc3[nH]c(-c4n[nH]c5ccc(-c6ccccn6)nc45)nc23)c1. The molecule has 0 aliphatic carbocycles. The van der Waals surface area contributed by atoms with Crippen LogP contribution in [0.25, 0.3) is 56.1 Å². The van der Waals surface area contributed by atoms with Crippen molar-refractivity contribution in [1.29, 1.82) is 0 Å². The number of nitrogens with one attached hydrogen (secondary N) is 2. The molecule has 0 atom stereocenters. The molecule has 2 N–H and O–H groups in total.